The molecule has 0 saturated carbocycles. The lowest BCUT2D eigenvalue weighted by Crippen LogP contribution is -2.24. The summed E-state index contributed by atoms with van der Waals surface area (Å²) in [4.78, 5) is 22.0. The summed E-state index contributed by atoms with van der Waals surface area (Å²) < 4.78 is 0. The van der Waals surface area contributed by atoms with E-state index >= 15 is 0 Å². The zero-order valence-corrected chi connectivity index (χ0v) is 10.4. The molecule has 2 N–H and O–H groups in total. The zero-order valence-electron chi connectivity index (χ0n) is 10.4. The van der Waals surface area contributed by atoms with Gasteiger partial charge in [0.25, 0.3) is 0 Å². The summed E-state index contributed by atoms with van der Waals surface area (Å²) in [6.45, 7) is 1.08. The number of carboxylic acid groups (broad SMARTS) is 1. The number of hydrogen-bond acceptors (Lipinski definition) is 3. The molecule has 0 radical (unpaired) electrons. The second-order valence-corrected chi connectivity index (χ2v) is 4.17. The third kappa shape index (κ3) is 6.15. The molecular formula is C14H19NO3. The first-order valence-electron chi connectivity index (χ1n) is 6.21. The molecule has 0 fully saturated rings. The van der Waals surface area contributed by atoms with Crippen LogP contribution in [0.1, 0.15) is 36.0 Å². The fraction of sp³-hybridized carbons (Fsp3) is 0.429. The van der Waals surface area contributed by atoms with Crippen molar-refractivity contribution in [1.82, 2.24) is 5.32 Å². The predicted octanol–water partition coefficient (Wildman–Crippen LogP) is 2.10. The Balaban J connectivity index is 2.05. The Hall–Kier alpha value is -1.68. The molecule has 0 spiro atoms. The summed E-state index contributed by atoms with van der Waals surface area (Å²) in [6.07, 6.45) is 2.70. The lowest BCUT2D eigenvalue weighted by atomic mass is 10.1. The third-order valence-electron chi connectivity index (χ3n) is 2.63. The molecule has 0 amide bonds. The minimum atomic E-state index is -0.748. The van der Waals surface area contributed by atoms with E-state index in [2.05, 4.69) is 5.32 Å². The molecule has 98 valence electrons. The summed E-state index contributed by atoms with van der Waals surface area (Å²) in [6, 6.07) is 9.18. The number of Topliss-reactive ketones (excluding diaryl/α,β-unsaturated/α-hetero) is 1. The Labute approximate surface area is 107 Å². The maximum absolute atomic E-state index is 11.7. The van der Waals surface area contributed by atoms with Crippen LogP contribution in [-0.4, -0.2) is 29.9 Å². The standard InChI is InChI=1S/C14H19NO3/c16-13(12-7-3-1-4-8-12)11-15-10-6-2-5-9-14(17)18/h1,3-4,7-8,15H,2,5-6,9-11H2,(H,17,18). The highest BCUT2D eigenvalue weighted by molar-refractivity contribution is 5.97. The van der Waals surface area contributed by atoms with E-state index in [1.165, 1.54) is 0 Å². The molecule has 4 nitrogen and oxygen atoms in total. The van der Waals surface area contributed by atoms with E-state index < -0.39 is 5.97 Å². The smallest absolute Gasteiger partial charge is 0.303 e. The van der Waals surface area contributed by atoms with Crippen molar-refractivity contribution in [2.24, 2.45) is 0 Å². The molecule has 18 heavy (non-hydrogen) atoms. The largest absolute Gasteiger partial charge is 0.481 e. The first-order chi connectivity index (χ1) is 8.70. The number of carbonyl (C=O) groups is 2. The van der Waals surface area contributed by atoms with Crippen LogP contribution in [0.15, 0.2) is 30.3 Å². The molecule has 1 rings (SSSR count). The molecule has 0 saturated heterocycles. The highest BCUT2D eigenvalue weighted by atomic mass is 16.4. The van der Waals surface area contributed by atoms with E-state index in [-0.39, 0.29) is 12.2 Å². The Morgan fingerprint density at radius 3 is 2.44 bits per heavy atom. The molecule has 1 aromatic rings. The van der Waals surface area contributed by atoms with E-state index in [9.17, 15) is 9.59 Å². The van der Waals surface area contributed by atoms with Crippen LogP contribution in [-0.2, 0) is 4.79 Å². The van der Waals surface area contributed by atoms with Gasteiger partial charge in [-0.3, -0.25) is 9.59 Å². The third-order valence-corrected chi connectivity index (χ3v) is 2.63. The van der Waals surface area contributed by atoms with Crippen molar-refractivity contribution in [1.29, 1.82) is 0 Å². The summed E-state index contributed by atoms with van der Waals surface area (Å²) in [7, 11) is 0. The Kier molecular flexibility index (Phi) is 6.72. The summed E-state index contributed by atoms with van der Waals surface area (Å²) in [5.41, 5.74) is 0.718. The number of benzene rings is 1. The predicted molar refractivity (Wildman–Crippen MR) is 69.7 cm³/mol. The quantitative estimate of drug-likeness (QED) is 0.519. The molecule has 0 aliphatic heterocycles. The van der Waals surface area contributed by atoms with Gasteiger partial charge in [-0.05, 0) is 19.4 Å². The number of hydrogen-bond donors (Lipinski definition) is 2. The number of rotatable bonds is 9. The van der Waals surface area contributed by atoms with Crippen LogP contribution in [0.25, 0.3) is 0 Å². The summed E-state index contributed by atoms with van der Waals surface area (Å²) in [5.74, 6) is -0.664. The lowest BCUT2D eigenvalue weighted by Gasteiger charge is -2.04. The van der Waals surface area contributed by atoms with Gasteiger partial charge in [0.2, 0.25) is 0 Å². The van der Waals surface area contributed by atoms with Crippen LogP contribution in [0.4, 0.5) is 0 Å². The second-order valence-electron chi connectivity index (χ2n) is 4.17. The summed E-state index contributed by atoms with van der Waals surface area (Å²) in [5, 5.41) is 11.5. The van der Waals surface area contributed by atoms with Gasteiger partial charge in [-0.2, -0.15) is 0 Å². The summed E-state index contributed by atoms with van der Waals surface area (Å²) >= 11 is 0. The Bertz CT molecular complexity index is 376. The van der Waals surface area contributed by atoms with Crippen LogP contribution in [0.5, 0.6) is 0 Å². The number of nitrogens with one attached hydrogen (secondary N) is 1. The van der Waals surface area contributed by atoms with E-state index in [1.54, 1.807) is 12.1 Å². The van der Waals surface area contributed by atoms with Gasteiger partial charge < -0.3 is 10.4 Å². The van der Waals surface area contributed by atoms with Crippen molar-refractivity contribution in [2.45, 2.75) is 25.7 Å². The number of aliphatic carboxylic acids is 1. The molecule has 0 unspecified atom stereocenters. The van der Waals surface area contributed by atoms with E-state index in [1.807, 2.05) is 18.2 Å². The molecule has 0 atom stereocenters. The van der Waals surface area contributed by atoms with Crippen LogP contribution in [0.2, 0.25) is 0 Å². The van der Waals surface area contributed by atoms with Gasteiger partial charge in [0, 0.05) is 12.0 Å². The normalized spacial score (nSPS) is 10.2. The highest BCUT2D eigenvalue weighted by Crippen LogP contribution is 2.00. The van der Waals surface area contributed by atoms with Crippen LogP contribution < -0.4 is 5.32 Å². The highest BCUT2D eigenvalue weighted by Gasteiger charge is 2.03. The molecule has 4 heteroatoms. The van der Waals surface area contributed by atoms with Gasteiger partial charge in [0.1, 0.15) is 0 Å². The monoisotopic (exact) mass is 249 g/mol. The van der Waals surface area contributed by atoms with E-state index in [0.717, 1.165) is 24.9 Å². The maximum atomic E-state index is 11.7. The number of carboxylic acids is 1. The van der Waals surface area contributed by atoms with Crippen LogP contribution in [0, 0.1) is 0 Å². The SMILES string of the molecule is O=C(O)CCCCCNCC(=O)c1ccccc1. The van der Waals surface area contributed by atoms with Gasteiger partial charge in [-0.25, -0.2) is 0 Å². The fourth-order valence-electron chi connectivity index (χ4n) is 1.63. The van der Waals surface area contributed by atoms with Gasteiger partial charge in [-0.15, -0.1) is 0 Å². The maximum Gasteiger partial charge on any atom is 0.303 e. The number of unbranched alkanes of at least 4 members (excludes halogenated alkanes) is 2. The van der Waals surface area contributed by atoms with Gasteiger partial charge >= 0.3 is 5.97 Å². The Morgan fingerprint density at radius 1 is 1.06 bits per heavy atom. The minimum absolute atomic E-state index is 0.0844. The van der Waals surface area contributed by atoms with Crippen molar-refractivity contribution >= 4 is 11.8 Å². The van der Waals surface area contributed by atoms with Crippen molar-refractivity contribution < 1.29 is 14.7 Å². The van der Waals surface area contributed by atoms with Crippen molar-refractivity contribution in [3.8, 4) is 0 Å². The molecule has 1 aromatic carbocycles. The molecule has 0 heterocycles. The topological polar surface area (TPSA) is 66.4 Å². The van der Waals surface area contributed by atoms with E-state index in [4.69, 9.17) is 5.11 Å². The number of ketones is 1. The average Bonchev–Trinajstić information content (AvgIpc) is 2.38. The molecule has 0 aromatic heterocycles. The van der Waals surface area contributed by atoms with Crippen molar-refractivity contribution in [3.63, 3.8) is 0 Å². The van der Waals surface area contributed by atoms with Crippen molar-refractivity contribution in [3.05, 3.63) is 35.9 Å². The lowest BCUT2D eigenvalue weighted by molar-refractivity contribution is -0.137. The van der Waals surface area contributed by atoms with Gasteiger partial charge in [-0.1, -0.05) is 36.8 Å². The van der Waals surface area contributed by atoms with E-state index in [0.29, 0.717) is 13.0 Å². The molecule has 0 aliphatic rings. The van der Waals surface area contributed by atoms with Gasteiger partial charge in [0.05, 0.1) is 6.54 Å². The minimum Gasteiger partial charge on any atom is -0.481 e. The van der Waals surface area contributed by atoms with Crippen molar-refractivity contribution in [2.75, 3.05) is 13.1 Å². The fourth-order valence-corrected chi connectivity index (χ4v) is 1.63. The van der Waals surface area contributed by atoms with Crippen LogP contribution >= 0.6 is 0 Å². The second kappa shape index (κ2) is 8.42. The Morgan fingerprint density at radius 2 is 1.78 bits per heavy atom. The first kappa shape index (κ1) is 14.4. The number of carbonyl (C=O) groups excluding carboxylic acids is 1. The zero-order chi connectivity index (χ0) is 13.2. The molecule has 0 bridgehead atoms. The van der Waals surface area contributed by atoms with Gasteiger partial charge in [0.15, 0.2) is 5.78 Å². The average molecular weight is 249 g/mol. The van der Waals surface area contributed by atoms with Crippen LogP contribution in [0.3, 0.4) is 0 Å². The molecular weight excluding hydrogens is 230 g/mol. The molecule has 0 aliphatic carbocycles. The first-order valence-corrected chi connectivity index (χ1v) is 6.21.